The molecule has 0 aliphatic rings. The van der Waals surface area contributed by atoms with Crippen molar-refractivity contribution in [3.63, 3.8) is 0 Å². The number of rotatable bonds is 5. The highest BCUT2D eigenvalue weighted by Crippen LogP contribution is 2.22. The highest BCUT2D eigenvalue weighted by atomic mass is 32.2. The Hall–Kier alpha value is -0.470. The number of hydrogen-bond acceptors (Lipinski definition) is 4. The Morgan fingerprint density at radius 3 is 2.62 bits per heavy atom. The zero-order chi connectivity index (χ0) is 12.4. The first kappa shape index (κ1) is 13.6. The lowest BCUT2D eigenvalue weighted by molar-refractivity contribution is 0.0629. The molecule has 0 saturated carbocycles. The van der Waals surface area contributed by atoms with E-state index in [4.69, 9.17) is 0 Å². The van der Waals surface area contributed by atoms with E-state index in [2.05, 4.69) is 4.72 Å². The van der Waals surface area contributed by atoms with E-state index in [0.29, 0.717) is 5.56 Å². The van der Waals surface area contributed by atoms with Gasteiger partial charge >= 0.3 is 0 Å². The number of hydrogen-bond donors (Lipinski definition) is 2. The molecule has 0 saturated heterocycles. The maximum absolute atomic E-state index is 11.5. The van der Waals surface area contributed by atoms with Crippen LogP contribution in [0.25, 0.3) is 0 Å². The maximum Gasteiger partial charge on any atom is 0.279 e. The minimum atomic E-state index is -3.50. The van der Waals surface area contributed by atoms with Crippen molar-refractivity contribution in [2.24, 2.45) is 0 Å². The summed E-state index contributed by atoms with van der Waals surface area (Å²) in [7, 11) is -0.631. The quantitative estimate of drug-likeness (QED) is 0.806. The molecular weight excluding hydrogens is 248 g/mol. The second-order valence-electron chi connectivity index (χ2n) is 3.89. The van der Waals surface area contributed by atoms with E-state index in [1.165, 1.54) is 25.4 Å². The Labute approximate surface area is 99.9 Å². The minimum absolute atomic E-state index is 0.0513. The minimum Gasteiger partial charge on any atom is -0.384 e. The fourth-order valence-corrected chi connectivity index (χ4v) is 2.54. The molecule has 0 amide bonds. The topological polar surface area (TPSA) is 69.6 Å². The zero-order valence-corrected chi connectivity index (χ0v) is 11.1. The van der Waals surface area contributed by atoms with Gasteiger partial charge in [-0.05, 0) is 29.3 Å². The van der Waals surface area contributed by atoms with Crippen LogP contribution < -0.4 is 4.72 Å². The van der Waals surface area contributed by atoms with E-state index in [0.717, 1.165) is 4.31 Å². The maximum atomic E-state index is 11.5. The highest BCUT2D eigenvalue weighted by molar-refractivity contribution is 7.87. The summed E-state index contributed by atoms with van der Waals surface area (Å²) < 4.78 is 26.3. The number of nitrogens with zero attached hydrogens (tertiary/aromatic N) is 1. The molecule has 0 aliphatic carbocycles. The Morgan fingerprint density at radius 2 is 2.19 bits per heavy atom. The van der Waals surface area contributed by atoms with Crippen molar-refractivity contribution in [3.05, 3.63) is 22.4 Å². The van der Waals surface area contributed by atoms with E-state index in [-0.39, 0.29) is 6.54 Å². The van der Waals surface area contributed by atoms with Crippen LogP contribution in [0.4, 0.5) is 0 Å². The molecule has 7 heteroatoms. The van der Waals surface area contributed by atoms with Gasteiger partial charge in [-0.3, -0.25) is 0 Å². The number of aliphatic hydroxyl groups is 1. The number of nitrogens with one attached hydrogen (secondary N) is 1. The Bertz CT molecular complexity index is 424. The third-order valence-corrected chi connectivity index (χ3v) is 4.38. The van der Waals surface area contributed by atoms with Gasteiger partial charge in [0.2, 0.25) is 0 Å². The van der Waals surface area contributed by atoms with Crippen LogP contribution in [0, 0.1) is 0 Å². The van der Waals surface area contributed by atoms with Crippen LogP contribution in [-0.2, 0) is 15.8 Å². The molecule has 0 aromatic carbocycles. The normalized spacial score (nSPS) is 16.3. The predicted octanol–water partition coefficient (Wildman–Crippen LogP) is 0.352. The summed E-state index contributed by atoms with van der Waals surface area (Å²) in [5, 5.41) is 13.7. The fourth-order valence-electron chi connectivity index (χ4n) is 1.03. The predicted molar refractivity (Wildman–Crippen MR) is 64.5 cm³/mol. The van der Waals surface area contributed by atoms with E-state index < -0.39 is 15.8 Å². The van der Waals surface area contributed by atoms with Gasteiger partial charge in [0.25, 0.3) is 10.2 Å². The van der Waals surface area contributed by atoms with Crippen molar-refractivity contribution in [2.45, 2.75) is 12.5 Å². The van der Waals surface area contributed by atoms with Crippen molar-refractivity contribution in [1.29, 1.82) is 0 Å². The van der Waals surface area contributed by atoms with Crippen molar-refractivity contribution in [1.82, 2.24) is 9.03 Å². The summed E-state index contributed by atoms with van der Waals surface area (Å²) in [6, 6.07) is 1.77. The SMILES string of the molecule is CN(C)S(=O)(=O)NCC(C)(O)c1ccsc1. The van der Waals surface area contributed by atoms with Crippen LogP contribution in [0.1, 0.15) is 12.5 Å². The van der Waals surface area contributed by atoms with E-state index >= 15 is 0 Å². The molecule has 1 unspecified atom stereocenters. The molecule has 0 bridgehead atoms. The molecule has 1 heterocycles. The summed E-state index contributed by atoms with van der Waals surface area (Å²) in [5.41, 5.74) is -0.484. The third kappa shape index (κ3) is 3.26. The van der Waals surface area contributed by atoms with Crippen molar-refractivity contribution < 1.29 is 13.5 Å². The molecular formula is C9H16N2O3S2. The fraction of sp³-hybridized carbons (Fsp3) is 0.556. The first-order valence-electron chi connectivity index (χ1n) is 4.68. The molecule has 1 atom stereocenters. The molecule has 0 fully saturated rings. The summed E-state index contributed by atoms with van der Waals surface area (Å²) in [5.74, 6) is 0. The van der Waals surface area contributed by atoms with Gasteiger partial charge < -0.3 is 5.11 Å². The summed E-state index contributed by atoms with van der Waals surface area (Å²) >= 11 is 1.46. The lowest BCUT2D eigenvalue weighted by atomic mass is 10.0. The van der Waals surface area contributed by atoms with Crippen LogP contribution in [0.3, 0.4) is 0 Å². The van der Waals surface area contributed by atoms with E-state index in [9.17, 15) is 13.5 Å². The Balaban J connectivity index is 2.69. The first-order chi connectivity index (χ1) is 7.26. The van der Waals surface area contributed by atoms with Crippen LogP contribution in [0.15, 0.2) is 16.8 Å². The molecule has 0 radical (unpaired) electrons. The molecule has 16 heavy (non-hydrogen) atoms. The first-order valence-corrected chi connectivity index (χ1v) is 7.06. The molecule has 0 spiro atoms. The van der Waals surface area contributed by atoms with Crippen LogP contribution >= 0.6 is 11.3 Å². The van der Waals surface area contributed by atoms with Crippen molar-refractivity contribution in [2.75, 3.05) is 20.6 Å². The lowest BCUT2D eigenvalue weighted by Gasteiger charge is -2.23. The van der Waals surface area contributed by atoms with E-state index in [1.807, 2.05) is 5.38 Å². The van der Waals surface area contributed by atoms with Gasteiger partial charge in [0, 0.05) is 20.6 Å². The zero-order valence-electron chi connectivity index (χ0n) is 9.47. The molecule has 1 rings (SSSR count). The molecule has 0 aliphatic heterocycles. The molecule has 5 nitrogen and oxygen atoms in total. The molecule has 2 N–H and O–H groups in total. The Kier molecular flexibility index (Phi) is 4.08. The average Bonchev–Trinajstić information content (AvgIpc) is 2.68. The summed E-state index contributed by atoms with van der Waals surface area (Å²) in [6.45, 7) is 1.53. The summed E-state index contributed by atoms with van der Waals surface area (Å²) in [4.78, 5) is 0. The van der Waals surface area contributed by atoms with Gasteiger partial charge in [0.15, 0.2) is 0 Å². The monoisotopic (exact) mass is 264 g/mol. The van der Waals surface area contributed by atoms with Crippen LogP contribution in [0.2, 0.25) is 0 Å². The highest BCUT2D eigenvalue weighted by Gasteiger charge is 2.26. The van der Waals surface area contributed by atoms with Crippen LogP contribution in [-0.4, -0.2) is 38.5 Å². The van der Waals surface area contributed by atoms with Gasteiger partial charge in [0.05, 0.1) is 0 Å². The summed E-state index contributed by atoms with van der Waals surface area (Å²) in [6.07, 6.45) is 0. The largest absolute Gasteiger partial charge is 0.384 e. The standard InChI is InChI=1S/C9H16N2O3S2/c1-9(12,8-4-5-15-6-8)7-10-16(13,14)11(2)3/h4-6,10,12H,7H2,1-3H3. The average molecular weight is 264 g/mol. The molecule has 1 aromatic heterocycles. The second kappa shape index (κ2) is 4.80. The molecule has 92 valence electrons. The number of thiophene rings is 1. The molecule has 1 aromatic rings. The Morgan fingerprint density at radius 1 is 1.56 bits per heavy atom. The van der Waals surface area contributed by atoms with Gasteiger partial charge in [-0.25, -0.2) is 0 Å². The van der Waals surface area contributed by atoms with Crippen molar-refractivity contribution in [3.8, 4) is 0 Å². The van der Waals surface area contributed by atoms with E-state index in [1.54, 1.807) is 18.4 Å². The second-order valence-corrected chi connectivity index (χ2v) is 6.64. The van der Waals surface area contributed by atoms with Crippen molar-refractivity contribution >= 4 is 21.5 Å². The van der Waals surface area contributed by atoms with Gasteiger partial charge in [0.1, 0.15) is 5.60 Å². The third-order valence-electron chi connectivity index (χ3n) is 2.22. The van der Waals surface area contributed by atoms with Gasteiger partial charge in [-0.2, -0.15) is 28.8 Å². The van der Waals surface area contributed by atoms with Crippen LogP contribution in [0.5, 0.6) is 0 Å². The van der Waals surface area contributed by atoms with Gasteiger partial charge in [-0.1, -0.05) is 0 Å². The smallest absolute Gasteiger partial charge is 0.279 e. The lowest BCUT2D eigenvalue weighted by Crippen LogP contribution is -2.43. The van der Waals surface area contributed by atoms with Gasteiger partial charge in [-0.15, -0.1) is 0 Å².